The van der Waals surface area contributed by atoms with Crippen LogP contribution in [0.3, 0.4) is 0 Å². The van der Waals surface area contributed by atoms with Crippen LogP contribution < -0.4 is 0 Å². The summed E-state index contributed by atoms with van der Waals surface area (Å²) >= 11 is 0. The number of phenolic OH excluding ortho intramolecular Hbond substituents is 1. The molecule has 1 aromatic heterocycles. The zero-order valence-electron chi connectivity index (χ0n) is 9.17. The minimum Gasteiger partial charge on any atom is -0.508 e. The fourth-order valence-corrected chi connectivity index (χ4v) is 1.87. The molecule has 1 aliphatic rings. The van der Waals surface area contributed by atoms with Gasteiger partial charge in [0.05, 0.1) is 0 Å². The van der Waals surface area contributed by atoms with Crippen molar-refractivity contribution in [3.8, 4) is 17.1 Å². The lowest BCUT2D eigenvalue weighted by Gasteiger charge is -2.00. The maximum atomic E-state index is 9.20. The van der Waals surface area contributed by atoms with Crippen LogP contribution in [0.15, 0.2) is 28.8 Å². The van der Waals surface area contributed by atoms with Gasteiger partial charge >= 0.3 is 0 Å². The minimum atomic E-state index is -0.0617. The molecule has 17 heavy (non-hydrogen) atoms. The van der Waals surface area contributed by atoms with Crippen LogP contribution >= 0.6 is 0 Å². The average Bonchev–Trinajstić information content (AvgIpc) is 3.00. The summed E-state index contributed by atoms with van der Waals surface area (Å²) in [5.74, 6) is 1.28. The van der Waals surface area contributed by atoms with Crippen molar-refractivity contribution < 1.29 is 14.4 Å². The topological polar surface area (TPSA) is 68.4 Å². The van der Waals surface area contributed by atoms with Crippen LogP contribution in [-0.2, 0) is 4.74 Å². The van der Waals surface area contributed by atoms with E-state index in [0.29, 0.717) is 11.7 Å². The Morgan fingerprint density at radius 2 is 2.06 bits per heavy atom. The molecule has 2 heterocycles. The van der Waals surface area contributed by atoms with Gasteiger partial charge in [-0.15, -0.1) is 0 Å². The number of rotatable bonds is 2. The monoisotopic (exact) mass is 232 g/mol. The second kappa shape index (κ2) is 4.18. The Morgan fingerprint density at radius 1 is 1.24 bits per heavy atom. The third-order valence-electron chi connectivity index (χ3n) is 2.77. The molecule has 1 aromatic carbocycles. The lowest BCUT2D eigenvalue weighted by molar-refractivity contribution is 0.0835. The van der Waals surface area contributed by atoms with Gasteiger partial charge in [-0.1, -0.05) is 5.16 Å². The van der Waals surface area contributed by atoms with Crippen LogP contribution in [-0.4, -0.2) is 21.9 Å². The highest BCUT2D eigenvalue weighted by molar-refractivity contribution is 5.55. The molecule has 1 aliphatic heterocycles. The number of phenols is 1. The third-order valence-corrected chi connectivity index (χ3v) is 2.77. The first kappa shape index (κ1) is 10.3. The molecule has 0 aliphatic carbocycles. The van der Waals surface area contributed by atoms with Gasteiger partial charge in [0.2, 0.25) is 5.82 Å². The van der Waals surface area contributed by atoms with Gasteiger partial charge in [0.25, 0.3) is 5.89 Å². The number of nitrogens with zero attached hydrogens (tertiary/aromatic N) is 2. The third kappa shape index (κ3) is 2.01. The summed E-state index contributed by atoms with van der Waals surface area (Å²) in [7, 11) is 0. The molecule has 0 radical (unpaired) electrons. The van der Waals surface area contributed by atoms with E-state index in [1.807, 2.05) is 0 Å². The quantitative estimate of drug-likeness (QED) is 0.860. The molecule has 0 spiro atoms. The first-order valence-electron chi connectivity index (χ1n) is 5.57. The van der Waals surface area contributed by atoms with Crippen LogP contribution in [0.1, 0.15) is 24.8 Å². The molecular weight excluding hydrogens is 220 g/mol. The van der Waals surface area contributed by atoms with Crippen molar-refractivity contribution in [3.05, 3.63) is 30.2 Å². The molecule has 0 saturated carbocycles. The number of ether oxygens (including phenoxy) is 1. The van der Waals surface area contributed by atoms with Crippen molar-refractivity contribution in [2.24, 2.45) is 0 Å². The lowest BCUT2D eigenvalue weighted by atomic mass is 10.2. The maximum absolute atomic E-state index is 9.20. The Balaban J connectivity index is 1.86. The molecular formula is C12H12N2O3. The second-order valence-electron chi connectivity index (χ2n) is 4.00. The summed E-state index contributed by atoms with van der Waals surface area (Å²) in [4.78, 5) is 4.31. The fraction of sp³-hybridized carbons (Fsp3) is 0.333. The lowest BCUT2D eigenvalue weighted by Crippen LogP contribution is -1.95. The molecule has 1 fully saturated rings. The van der Waals surface area contributed by atoms with E-state index in [1.54, 1.807) is 24.3 Å². The van der Waals surface area contributed by atoms with Crippen LogP contribution in [0.4, 0.5) is 0 Å². The number of aromatic nitrogens is 2. The highest BCUT2D eigenvalue weighted by atomic mass is 16.5. The summed E-state index contributed by atoms with van der Waals surface area (Å²) in [6.45, 7) is 0.752. The van der Waals surface area contributed by atoms with Crippen molar-refractivity contribution in [3.63, 3.8) is 0 Å². The second-order valence-corrected chi connectivity index (χ2v) is 4.00. The Morgan fingerprint density at radius 3 is 2.76 bits per heavy atom. The molecule has 88 valence electrons. The van der Waals surface area contributed by atoms with Gasteiger partial charge in [-0.3, -0.25) is 0 Å². The zero-order chi connectivity index (χ0) is 11.7. The number of aromatic hydroxyl groups is 1. The Hall–Kier alpha value is -1.88. The standard InChI is InChI=1S/C12H12N2O3/c15-9-5-3-8(4-6-9)11-13-12(17-14-11)10-2-1-7-16-10/h3-6,10,15H,1-2,7H2/t10-/m1/s1. The van der Waals surface area contributed by atoms with Gasteiger partial charge in [0, 0.05) is 12.2 Å². The molecule has 5 nitrogen and oxygen atoms in total. The Bertz CT molecular complexity index is 501. The van der Waals surface area contributed by atoms with Gasteiger partial charge < -0.3 is 14.4 Å². The molecule has 3 rings (SSSR count). The van der Waals surface area contributed by atoms with Crippen molar-refractivity contribution in [2.75, 3.05) is 6.61 Å². The summed E-state index contributed by atoms with van der Waals surface area (Å²) in [6.07, 6.45) is 1.90. The number of benzene rings is 1. The molecule has 0 amide bonds. The smallest absolute Gasteiger partial charge is 0.256 e. The Labute approximate surface area is 98.0 Å². The van der Waals surface area contributed by atoms with E-state index in [9.17, 15) is 5.11 Å². The van der Waals surface area contributed by atoms with Crippen molar-refractivity contribution in [2.45, 2.75) is 18.9 Å². The van der Waals surface area contributed by atoms with Crippen LogP contribution in [0.2, 0.25) is 0 Å². The summed E-state index contributed by atoms with van der Waals surface area (Å²) in [5, 5.41) is 13.1. The van der Waals surface area contributed by atoms with Crippen molar-refractivity contribution in [1.82, 2.24) is 10.1 Å². The molecule has 1 saturated heterocycles. The van der Waals surface area contributed by atoms with Gasteiger partial charge in [-0.2, -0.15) is 4.98 Å². The van der Waals surface area contributed by atoms with Gasteiger partial charge in [-0.05, 0) is 37.1 Å². The highest BCUT2D eigenvalue weighted by Gasteiger charge is 2.24. The molecule has 0 bridgehead atoms. The summed E-state index contributed by atoms with van der Waals surface area (Å²) < 4.78 is 10.7. The van der Waals surface area contributed by atoms with Crippen LogP contribution in [0.5, 0.6) is 5.75 Å². The van der Waals surface area contributed by atoms with Gasteiger partial charge in [0.15, 0.2) is 0 Å². The molecule has 1 N–H and O–H groups in total. The first-order chi connectivity index (χ1) is 8.33. The predicted molar refractivity (Wildman–Crippen MR) is 59.3 cm³/mol. The SMILES string of the molecule is Oc1ccc(-c2noc([C@H]3CCCO3)n2)cc1. The van der Waals surface area contributed by atoms with Gasteiger partial charge in [0.1, 0.15) is 11.9 Å². The molecule has 1 atom stereocenters. The maximum Gasteiger partial charge on any atom is 0.256 e. The average molecular weight is 232 g/mol. The van der Waals surface area contributed by atoms with Crippen molar-refractivity contribution in [1.29, 1.82) is 0 Å². The number of hydrogen-bond acceptors (Lipinski definition) is 5. The van der Waals surface area contributed by atoms with E-state index < -0.39 is 0 Å². The van der Waals surface area contributed by atoms with E-state index in [2.05, 4.69) is 10.1 Å². The van der Waals surface area contributed by atoms with E-state index in [0.717, 1.165) is 25.0 Å². The predicted octanol–water partition coefficient (Wildman–Crippen LogP) is 2.29. The van der Waals surface area contributed by atoms with Crippen LogP contribution in [0, 0.1) is 0 Å². The largest absolute Gasteiger partial charge is 0.508 e. The molecule has 2 aromatic rings. The van der Waals surface area contributed by atoms with Crippen LogP contribution in [0.25, 0.3) is 11.4 Å². The fourth-order valence-electron chi connectivity index (χ4n) is 1.87. The Kier molecular flexibility index (Phi) is 2.53. The minimum absolute atomic E-state index is 0.0617. The zero-order valence-corrected chi connectivity index (χ0v) is 9.17. The number of hydrogen-bond donors (Lipinski definition) is 1. The van der Waals surface area contributed by atoms with E-state index in [-0.39, 0.29) is 11.9 Å². The van der Waals surface area contributed by atoms with E-state index in [1.165, 1.54) is 0 Å². The van der Waals surface area contributed by atoms with Gasteiger partial charge in [-0.25, -0.2) is 0 Å². The van der Waals surface area contributed by atoms with Crippen molar-refractivity contribution >= 4 is 0 Å². The normalized spacial score (nSPS) is 19.6. The summed E-state index contributed by atoms with van der Waals surface area (Å²) in [5.41, 5.74) is 0.816. The summed E-state index contributed by atoms with van der Waals surface area (Å²) in [6, 6.07) is 6.69. The molecule has 5 heteroatoms. The highest BCUT2D eigenvalue weighted by Crippen LogP contribution is 2.28. The van der Waals surface area contributed by atoms with E-state index in [4.69, 9.17) is 9.26 Å². The molecule has 0 unspecified atom stereocenters. The first-order valence-corrected chi connectivity index (χ1v) is 5.57. The van der Waals surface area contributed by atoms with E-state index >= 15 is 0 Å².